The summed E-state index contributed by atoms with van der Waals surface area (Å²) in [5.41, 5.74) is 0.761. The molecule has 2 N–H and O–H groups in total. The van der Waals surface area contributed by atoms with Crippen molar-refractivity contribution in [3.05, 3.63) is 35.4 Å². The third-order valence-corrected chi connectivity index (χ3v) is 3.00. The Morgan fingerprint density at radius 3 is 1.67 bits per heavy atom. The molecule has 0 saturated heterocycles. The van der Waals surface area contributed by atoms with Crippen molar-refractivity contribution in [3.63, 3.8) is 0 Å². The van der Waals surface area contributed by atoms with Gasteiger partial charge in [-0.1, -0.05) is 0 Å². The Bertz CT molecular complexity index is 671. The van der Waals surface area contributed by atoms with Gasteiger partial charge >= 0.3 is 0 Å². The van der Waals surface area contributed by atoms with Gasteiger partial charge in [0.2, 0.25) is 17.3 Å². The first-order valence-corrected chi connectivity index (χ1v) is 5.29. The first-order valence-electron chi connectivity index (χ1n) is 5.29. The predicted octanol–water partition coefficient (Wildman–Crippen LogP) is 2.54. The summed E-state index contributed by atoms with van der Waals surface area (Å²) in [6, 6.07) is 5.84. The zero-order valence-electron chi connectivity index (χ0n) is 8.93. The number of phenols is 2. The van der Waals surface area contributed by atoms with Crippen LogP contribution >= 0.6 is 0 Å². The van der Waals surface area contributed by atoms with Gasteiger partial charge in [0.05, 0.1) is 11.1 Å². The fourth-order valence-electron chi connectivity index (χ4n) is 1.97. The molecule has 0 bridgehead atoms. The minimum Gasteiger partial charge on any atom is -0.504 e. The van der Waals surface area contributed by atoms with Gasteiger partial charge in [0.25, 0.3) is 0 Å². The summed E-state index contributed by atoms with van der Waals surface area (Å²) in [6.45, 7) is 0. The minimum absolute atomic E-state index is 0.0271. The van der Waals surface area contributed by atoms with Gasteiger partial charge in [-0.05, 0) is 24.3 Å². The topological polar surface area (TPSA) is 82.6 Å². The molecule has 0 aliphatic carbocycles. The summed E-state index contributed by atoms with van der Waals surface area (Å²) in [7, 11) is 0. The van der Waals surface area contributed by atoms with Gasteiger partial charge in [-0.3, -0.25) is 4.79 Å². The van der Waals surface area contributed by atoms with Crippen LogP contribution in [-0.2, 0) is 0 Å². The molecule has 2 aliphatic rings. The predicted molar refractivity (Wildman–Crippen MR) is 59.8 cm³/mol. The zero-order chi connectivity index (χ0) is 12.4. The van der Waals surface area contributed by atoms with Crippen molar-refractivity contribution in [2.75, 3.05) is 0 Å². The highest BCUT2D eigenvalue weighted by molar-refractivity contribution is 6.15. The molecule has 0 amide bonds. The number of hydrogen-bond donors (Lipinski definition) is 2. The Labute approximate surface area is 101 Å². The van der Waals surface area contributed by atoms with E-state index in [1.807, 2.05) is 0 Å². The fraction of sp³-hybridized carbons (Fsp3) is 0. The van der Waals surface area contributed by atoms with Crippen molar-refractivity contribution >= 4 is 5.78 Å². The fourth-order valence-corrected chi connectivity index (χ4v) is 1.97. The number of carbonyl (C=O) groups is 1. The number of aromatic hydroxyl groups is 2. The van der Waals surface area contributed by atoms with Crippen LogP contribution < -0.4 is 9.47 Å². The first-order chi connectivity index (χ1) is 8.66. The van der Waals surface area contributed by atoms with E-state index in [-0.39, 0.29) is 17.3 Å². The highest BCUT2D eigenvalue weighted by Crippen LogP contribution is 2.57. The Morgan fingerprint density at radius 1 is 0.778 bits per heavy atom. The van der Waals surface area contributed by atoms with Crippen molar-refractivity contribution in [2.45, 2.75) is 0 Å². The van der Waals surface area contributed by atoms with Gasteiger partial charge in [-0.25, -0.2) is 0 Å². The van der Waals surface area contributed by atoms with E-state index in [2.05, 4.69) is 0 Å². The minimum atomic E-state index is -0.252. The molecule has 2 heterocycles. The highest BCUT2D eigenvalue weighted by Gasteiger charge is 2.37. The number of carbonyl (C=O) groups excluding carboxylic acids is 1. The number of fused-ring (bicyclic) bond motifs is 2. The van der Waals surface area contributed by atoms with E-state index in [1.165, 1.54) is 24.3 Å². The van der Waals surface area contributed by atoms with Crippen molar-refractivity contribution in [3.8, 4) is 34.5 Å². The summed E-state index contributed by atoms with van der Waals surface area (Å²) in [4.78, 5) is 12.3. The third kappa shape index (κ3) is 1.08. The number of phenolic OH excluding ortho intramolecular Hbond substituents is 2. The van der Waals surface area contributed by atoms with Gasteiger partial charge < -0.3 is 19.7 Å². The van der Waals surface area contributed by atoms with E-state index in [9.17, 15) is 15.0 Å². The average molecular weight is 242 g/mol. The maximum absolute atomic E-state index is 12.3. The lowest BCUT2D eigenvalue weighted by molar-refractivity contribution is 0.103. The molecular weight excluding hydrogens is 236 g/mol. The Morgan fingerprint density at radius 2 is 1.22 bits per heavy atom. The van der Waals surface area contributed by atoms with Crippen molar-refractivity contribution in [1.82, 2.24) is 0 Å². The van der Waals surface area contributed by atoms with Crippen LogP contribution in [0.5, 0.6) is 34.5 Å². The normalized spacial score (nSPS) is 12.9. The molecule has 18 heavy (non-hydrogen) atoms. The molecule has 0 aromatic heterocycles. The summed E-state index contributed by atoms with van der Waals surface area (Å²) in [5.74, 6) is 1.31. The average Bonchev–Trinajstić information content (AvgIpc) is 3.22. The van der Waals surface area contributed by atoms with Crippen molar-refractivity contribution in [1.29, 1.82) is 0 Å². The molecule has 0 spiro atoms. The summed E-state index contributed by atoms with van der Waals surface area (Å²) in [5, 5.41) is 18.7. The van der Waals surface area contributed by atoms with E-state index >= 15 is 0 Å². The van der Waals surface area contributed by atoms with Crippen molar-refractivity contribution in [2.24, 2.45) is 0 Å². The first kappa shape index (κ1) is 9.35. The van der Waals surface area contributed by atoms with Crippen LogP contribution in [0.15, 0.2) is 24.3 Å². The SMILES string of the molecule is O=C(c1ccc(O)c2c1O2)c1ccc(O)c2c1O2. The van der Waals surface area contributed by atoms with Crippen molar-refractivity contribution < 1.29 is 24.5 Å². The molecule has 0 unspecified atom stereocenters. The maximum Gasteiger partial charge on any atom is 0.212 e. The van der Waals surface area contributed by atoms with Gasteiger partial charge in [-0.15, -0.1) is 0 Å². The smallest absolute Gasteiger partial charge is 0.212 e. The van der Waals surface area contributed by atoms with E-state index in [4.69, 9.17) is 9.47 Å². The molecule has 0 radical (unpaired) electrons. The van der Waals surface area contributed by atoms with E-state index in [0.29, 0.717) is 34.1 Å². The maximum atomic E-state index is 12.3. The van der Waals surface area contributed by atoms with E-state index < -0.39 is 0 Å². The number of hydrogen-bond acceptors (Lipinski definition) is 5. The Balaban J connectivity index is 1.81. The van der Waals surface area contributed by atoms with Gasteiger partial charge in [0.15, 0.2) is 23.0 Å². The van der Waals surface area contributed by atoms with Gasteiger partial charge in [0, 0.05) is 0 Å². The van der Waals surface area contributed by atoms with Crippen LogP contribution in [-0.4, -0.2) is 16.0 Å². The van der Waals surface area contributed by atoms with Crippen LogP contribution in [0.3, 0.4) is 0 Å². The van der Waals surface area contributed by atoms with Crippen LogP contribution in [0.2, 0.25) is 0 Å². The second-order valence-corrected chi connectivity index (χ2v) is 4.11. The molecule has 5 heteroatoms. The number of rotatable bonds is 2. The lowest BCUT2D eigenvalue weighted by Crippen LogP contribution is -1.98. The quantitative estimate of drug-likeness (QED) is 0.417. The Kier molecular flexibility index (Phi) is 1.43. The molecule has 2 aromatic rings. The lowest BCUT2D eigenvalue weighted by Gasteiger charge is -1.96. The lowest BCUT2D eigenvalue weighted by atomic mass is 10.0. The third-order valence-electron chi connectivity index (χ3n) is 3.00. The molecule has 4 rings (SSSR count). The molecule has 0 saturated carbocycles. The second-order valence-electron chi connectivity index (χ2n) is 4.11. The van der Waals surface area contributed by atoms with Crippen LogP contribution in [0, 0.1) is 0 Å². The number of ketones is 1. The molecule has 0 atom stereocenters. The standard InChI is InChI=1S/C13H6O5/c14-7-3-1-5(10-12(7)17-10)9(16)6-2-4-8(15)13-11(6)18-13/h1-4,14-15H. The summed E-state index contributed by atoms with van der Waals surface area (Å²) >= 11 is 0. The van der Waals surface area contributed by atoms with Gasteiger partial charge in [-0.2, -0.15) is 0 Å². The largest absolute Gasteiger partial charge is 0.504 e. The highest BCUT2D eigenvalue weighted by atomic mass is 16.6. The Hall–Kier alpha value is -2.69. The second kappa shape index (κ2) is 2.76. The molecule has 2 aliphatic heterocycles. The molecule has 0 fully saturated rings. The number of ether oxygens (including phenoxy) is 2. The monoisotopic (exact) mass is 242 g/mol. The molecule has 5 nitrogen and oxygen atoms in total. The van der Waals surface area contributed by atoms with Crippen LogP contribution in [0.25, 0.3) is 0 Å². The van der Waals surface area contributed by atoms with Gasteiger partial charge in [0.1, 0.15) is 0 Å². The summed E-state index contributed by atoms with van der Waals surface area (Å²) < 4.78 is 10.1. The summed E-state index contributed by atoms with van der Waals surface area (Å²) in [6.07, 6.45) is 0. The zero-order valence-corrected chi connectivity index (χ0v) is 8.93. The van der Waals surface area contributed by atoms with E-state index in [1.54, 1.807) is 0 Å². The molecule has 88 valence electrons. The van der Waals surface area contributed by atoms with Crippen LogP contribution in [0.1, 0.15) is 15.9 Å². The molecular formula is C13H6O5. The number of benzene rings is 2. The van der Waals surface area contributed by atoms with Crippen LogP contribution in [0.4, 0.5) is 0 Å². The van der Waals surface area contributed by atoms with E-state index in [0.717, 1.165) is 0 Å². The molecule has 2 aromatic carbocycles.